The van der Waals surface area contributed by atoms with E-state index in [0.717, 1.165) is 18.7 Å². The van der Waals surface area contributed by atoms with Crippen molar-refractivity contribution in [3.63, 3.8) is 0 Å². The molecule has 1 aromatic rings. The Morgan fingerprint density at radius 2 is 2.24 bits per heavy atom. The lowest BCUT2D eigenvalue weighted by Crippen LogP contribution is -2.39. The van der Waals surface area contributed by atoms with Crippen molar-refractivity contribution >= 4 is 0 Å². The van der Waals surface area contributed by atoms with E-state index in [1.165, 1.54) is 0 Å². The summed E-state index contributed by atoms with van der Waals surface area (Å²) < 4.78 is 34.4. The van der Waals surface area contributed by atoms with E-state index in [1.807, 2.05) is 6.07 Å². The highest BCUT2D eigenvalue weighted by molar-refractivity contribution is 5.33. The molecule has 1 aliphatic rings. The minimum atomic E-state index is -2.79. The number of morpholine rings is 1. The second-order valence-corrected chi connectivity index (χ2v) is 3.89. The van der Waals surface area contributed by atoms with Crippen molar-refractivity contribution in [2.24, 2.45) is 0 Å². The van der Waals surface area contributed by atoms with Crippen LogP contribution in [0.3, 0.4) is 0 Å². The number of alkyl halides is 2. The zero-order valence-corrected chi connectivity index (χ0v) is 9.36. The first-order valence-corrected chi connectivity index (χ1v) is 5.61. The Labute approximate surface area is 98.7 Å². The maximum Gasteiger partial charge on any atom is 0.387 e. The standard InChI is InChI=1S/C12H15F2NO2/c13-12(14)17-11-4-2-1-3-9(11)7-10-8-15-5-6-16-10/h1-4,10,12,15H,5-8H2. The van der Waals surface area contributed by atoms with Gasteiger partial charge in [0.2, 0.25) is 0 Å². The molecule has 0 amide bonds. The number of benzene rings is 1. The molecule has 0 aliphatic carbocycles. The van der Waals surface area contributed by atoms with Crippen LogP contribution in [0.15, 0.2) is 24.3 Å². The Bertz CT molecular complexity index is 354. The fraction of sp³-hybridized carbons (Fsp3) is 0.500. The average molecular weight is 243 g/mol. The number of hydrogen-bond acceptors (Lipinski definition) is 3. The Hall–Kier alpha value is -1.20. The molecule has 1 saturated heterocycles. The van der Waals surface area contributed by atoms with Crippen molar-refractivity contribution in [2.45, 2.75) is 19.1 Å². The van der Waals surface area contributed by atoms with E-state index >= 15 is 0 Å². The summed E-state index contributed by atoms with van der Waals surface area (Å²) in [5.74, 6) is 0.233. The maximum atomic E-state index is 12.2. The third-order valence-corrected chi connectivity index (χ3v) is 2.64. The lowest BCUT2D eigenvalue weighted by Gasteiger charge is -2.24. The van der Waals surface area contributed by atoms with E-state index in [0.29, 0.717) is 13.0 Å². The topological polar surface area (TPSA) is 30.5 Å². The highest BCUT2D eigenvalue weighted by Crippen LogP contribution is 2.22. The highest BCUT2D eigenvalue weighted by Gasteiger charge is 2.17. The smallest absolute Gasteiger partial charge is 0.387 e. The molecular weight excluding hydrogens is 228 g/mol. The van der Waals surface area contributed by atoms with Crippen LogP contribution < -0.4 is 10.1 Å². The summed E-state index contributed by atoms with van der Waals surface area (Å²) in [6, 6.07) is 6.83. The molecule has 2 rings (SSSR count). The molecule has 1 atom stereocenters. The van der Waals surface area contributed by atoms with Gasteiger partial charge in [0.25, 0.3) is 0 Å². The number of para-hydroxylation sites is 1. The van der Waals surface area contributed by atoms with Crippen molar-refractivity contribution in [1.82, 2.24) is 5.32 Å². The third-order valence-electron chi connectivity index (χ3n) is 2.64. The van der Waals surface area contributed by atoms with Crippen molar-refractivity contribution in [3.05, 3.63) is 29.8 Å². The van der Waals surface area contributed by atoms with Crippen LogP contribution in [0.1, 0.15) is 5.56 Å². The number of rotatable bonds is 4. The van der Waals surface area contributed by atoms with Gasteiger partial charge in [0.15, 0.2) is 0 Å². The van der Waals surface area contributed by atoms with Gasteiger partial charge in [-0.05, 0) is 11.6 Å². The molecule has 0 radical (unpaired) electrons. The fourth-order valence-electron chi connectivity index (χ4n) is 1.88. The normalized spacial score (nSPS) is 20.5. The summed E-state index contributed by atoms with van der Waals surface area (Å²) in [6.07, 6.45) is 0.599. The van der Waals surface area contributed by atoms with Gasteiger partial charge < -0.3 is 14.8 Å². The first kappa shape index (κ1) is 12.3. The van der Waals surface area contributed by atoms with Crippen LogP contribution in [0.4, 0.5) is 8.78 Å². The molecule has 1 aromatic carbocycles. The highest BCUT2D eigenvalue weighted by atomic mass is 19.3. The van der Waals surface area contributed by atoms with Gasteiger partial charge >= 0.3 is 6.61 Å². The van der Waals surface area contributed by atoms with E-state index in [9.17, 15) is 8.78 Å². The summed E-state index contributed by atoms with van der Waals surface area (Å²) in [5.41, 5.74) is 0.751. The van der Waals surface area contributed by atoms with Gasteiger partial charge in [-0.3, -0.25) is 0 Å². The Morgan fingerprint density at radius 1 is 1.41 bits per heavy atom. The minimum Gasteiger partial charge on any atom is -0.435 e. The predicted octanol–water partition coefficient (Wildman–Crippen LogP) is 1.82. The molecule has 0 aromatic heterocycles. The first-order chi connectivity index (χ1) is 8.25. The van der Waals surface area contributed by atoms with E-state index in [1.54, 1.807) is 18.2 Å². The molecule has 5 heteroatoms. The lowest BCUT2D eigenvalue weighted by molar-refractivity contribution is -0.0510. The van der Waals surface area contributed by atoms with Crippen molar-refractivity contribution in [1.29, 1.82) is 0 Å². The molecule has 0 saturated carbocycles. The van der Waals surface area contributed by atoms with Gasteiger partial charge in [-0.15, -0.1) is 0 Å². The van der Waals surface area contributed by atoms with Crippen molar-refractivity contribution < 1.29 is 18.3 Å². The van der Waals surface area contributed by atoms with Gasteiger partial charge in [0.1, 0.15) is 5.75 Å². The Kier molecular flexibility index (Phi) is 4.28. The Balaban J connectivity index is 2.03. The van der Waals surface area contributed by atoms with E-state index in [4.69, 9.17) is 4.74 Å². The Morgan fingerprint density at radius 3 is 2.94 bits per heavy atom. The van der Waals surface area contributed by atoms with Gasteiger partial charge in [-0.2, -0.15) is 8.78 Å². The molecule has 3 nitrogen and oxygen atoms in total. The van der Waals surface area contributed by atoms with Gasteiger partial charge in [-0.25, -0.2) is 0 Å². The number of hydrogen-bond donors (Lipinski definition) is 1. The average Bonchev–Trinajstić information content (AvgIpc) is 2.32. The number of ether oxygens (including phenoxy) is 2. The van der Waals surface area contributed by atoms with Crippen molar-refractivity contribution in [3.8, 4) is 5.75 Å². The predicted molar refractivity (Wildman–Crippen MR) is 59.4 cm³/mol. The van der Waals surface area contributed by atoms with E-state index < -0.39 is 6.61 Å². The van der Waals surface area contributed by atoms with E-state index in [-0.39, 0.29) is 11.9 Å². The fourth-order valence-corrected chi connectivity index (χ4v) is 1.88. The molecule has 1 unspecified atom stereocenters. The second kappa shape index (κ2) is 5.93. The number of nitrogens with one attached hydrogen (secondary N) is 1. The summed E-state index contributed by atoms with van der Waals surface area (Å²) in [6.45, 7) is -0.557. The molecular formula is C12H15F2NO2. The molecule has 1 aliphatic heterocycles. The third kappa shape index (κ3) is 3.64. The maximum absolute atomic E-state index is 12.2. The van der Waals surface area contributed by atoms with Crippen LogP contribution >= 0.6 is 0 Å². The zero-order chi connectivity index (χ0) is 12.1. The summed E-state index contributed by atoms with van der Waals surface area (Å²) in [4.78, 5) is 0. The van der Waals surface area contributed by atoms with Gasteiger partial charge in [-0.1, -0.05) is 18.2 Å². The molecule has 0 bridgehead atoms. The molecule has 94 valence electrons. The lowest BCUT2D eigenvalue weighted by atomic mass is 10.1. The molecule has 1 heterocycles. The molecule has 0 spiro atoms. The second-order valence-electron chi connectivity index (χ2n) is 3.89. The van der Waals surface area contributed by atoms with Gasteiger partial charge in [0.05, 0.1) is 12.7 Å². The first-order valence-electron chi connectivity index (χ1n) is 5.61. The quantitative estimate of drug-likeness (QED) is 0.875. The van der Waals surface area contributed by atoms with Crippen molar-refractivity contribution in [2.75, 3.05) is 19.7 Å². The largest absolute Gasteiger partial charge is 0.435 e. The molecule has 17 heavy (non-hydrogen) atoms. The van der Waals surface area contributed by atoms with Crippen LogP contribution in [-0.4, -0.2) is 32.4 Å². The zero-order valence-electron chi connectivity index (χ0n) is 9.36. The van der Waals surface area contributed by atoms with Gasteiger partial charge in [0, 0.05) is 19.5 Å². The summed E-state index contributed by atoms with van der Waals surface area (Å²) >= 11 is 0. The van der Waals surface area contributed by atoms with Crippen LogP contribution in [0, 0.1) is 0 Å². The van der Waals surface area contributed by atoms with Crippen LogP contribution in [0.25, 0.3) is 0 Å². The van der Waals surface area contributed by atoms with E-state index in [2.05, 4.69) is 10.1 Å². The SMILES string of the molecule is FC(F)Oc1ccccc1CC1CNCCO1. The van der Waals surface area contributed by atoms with Crippen LogP contribution in [-0.2, 0) is 11.2 Å². The van der Waals surface area contributed by atoms with Crippen LogP contribution in [0.5, 0.6) is 5.75 Å². The van der Waals surface area contributed by atoms with Crippen LogP contribution in [0.2, 0.25) is 0 Å². The monoisotopic (exact) mass is 243 g/mol. The molecule has 1 N–H and O–H groups in total. The summed E-state index contributed by atoms with van der Waals surface area (Å²) in [7, 11) is 0. The summed E-state index contributed by atoms with van der Waals surface area (Å²) in [5, 5.41) is 3.20. The number of halogens is 2. The molecule has 1 fully saturated rings. The minimum absolute atomic E-state index is 0.0196.